The van der Waals surface area contributed by atoms with Crippen LogP contribution in [-0.4, -0.2) is 13.2 Å². The molecule has 2 aliphatic rings. The molecular weight excluding hydrogens is 80.0 g/mol. The average molecular weight is 84.1 g/mol. The smallest absolute Gasteiger partial charge is 0.170 e. The lowest BCUT2D eigenvalue weighted by Crippen LogP contribution is -1.90. The molecule has 2 aliphatic heterocycles. The molecule has 0 aromatic heterocycles. The third-order valence-electron chi connectivity index (χ3n) is 0.982. The van der Waals surface area contributed by atoms with Gasteiger partial charge in [-0.1, -0.05) is 0 Å². The zero-order chi connectivity index (χ0) is 3.98. The SMILES string of the molecule is C1OCC2=C1O2. The minimum absolute atomic E-state index is 0.718. The van der Waals surface area contributed by atoms with Crippen LogP contribution in [0.25, 0.3) is 0 Å². The van der Waals surface area contributed by atoms with E-state index < -0.39 is 0 Å². The van der Waals surface area contributed by atoms with Crippen LogP contribution < -0.4 is 0 Å². The first-order valence-corrected chi connectivity index (χ1v) is 1.94. The van der Waals surface area contributed by atoms with Crippen LogP contribution in [0.1, 0.15) is 0 Å². The molecule has 2 rings (SSSR count). The first-order chi connectivity index (χ1) is 2.97. The zero-order valence-electron chi connectivity index (χ0n) is 3.23. The molecule has 2 heteroatoms. The summed E-state index contributed by atoms with van der Waals surface area (Å²) in [6.45, 7) is 1.44. The van der Waals surface area contributed by atoms with Gasteiger partial charge in [-0.3, -0.25) is 0 Å². The van der Waals surface area contributed by atoms with E-state index in [0.29, 0.717) is 0 Å². The summed E-state index contributed by atoms with van der Waals surface area (Å²) in [6.07, 6.45) is 0. The number of ether oxygens (including phenoxy) is 2. The van der Waals surface area contributed by atoms with Crippen LogP contribution >= 0.6 is 0 Å². The summed E-state index contributed by atoms with van der Waals surface area (Å²) in [5, 5.41) is 0. The third kappa shape index (κ3) is 0.165. The Labute approximate surface area is 35.4 Å². The quantitative estimate of drug-likeness (QED) is 0.420. The maximum absolute atomic E-state index is 4.91. The Bertz CT molecular complexity index is 103. The first kappa shape index (κ1) is 2.64. The van der Waals surface area contributed by atoms with Gasteiger partial charge < -0.3 is 9.47 Å². The van der Waals surface area contributed by atoms with Gasteiger partial charge in [-0.25, -0.2) is 0 Å². The maximum atomic E-state index is 4.91. The summed E-state index contributed by atoms with van der Waals surface area (Å²) in [7, 11) is 0. The van der Waals surface area contributed by atoms with E-state index in [4.69, 9.17) is 9.47 Å². The van der Waals surface area contributed by atoms with Gasteiger partial charge in [-0.05, 0) is 0 Å². The Morgan fingerprint density at radius 2 is 1.83 bits per heavy atom. The maximum Gasteiger partial charge on any atom is 0.170 e. The molecule has 0 aliphatic carbocycles. The summed E-state index contributed by atoms with van der Waals surface area (Å²) in [5.41, 5.74) is 0. The predicted octanol–water partition coefficient (Wildman–Crippen LogP) is 0.258. The Hall–Kier alpha value is -0.500. The van der Waals surface area contributed by atoms with E-state index in [9.17, 15) is 0 Å². The molecule has 0 N–H and O–H groups in total. The minimum Gasteiger partial charge on any atom is -0.454 e. The van der Waals surface area contributed by atoms with Crippen LogP contribution in [0.2, 0.25) is 0 Å². The van der Waals surface area contributed by atoms with Crippen molar-refractivity contribution in [2.24, 2.45) is 0 Å². The van der Waals surface area contributed by atoms with Crippen molar-refractivity contribution in [3.05, 3.63) is 11.5 Å². The van der Waals surface area contributed by atoms with Crippen LogP contribution in [-0.2, 0) is 9.47 Å². The fourth-order valence-corrected chi connectivity index (χ4v) is 0.580. The zero-order valence-corrected chi connectivity index (χ0v) is 3.23. The van der Waals surface area contributed by atoms with Crippen molar-refractivity contribution in [1.82, 2.24) is 0 Å². The molecule has 0 aromatic carbocycles. The Balaban J connectivity index is 2.29. The molecule has 32 valence electrons. The van der Waals surface area contributed by atoms with Crippen LogP contribution in [0.15, 0.2) is 11.5 Å². The van der Waals surface area contributed by atoms with Gasteiger partial charge in [0.15, 0.2) is 11.5 Å². The molecular formula is C4H4O2. The molecule has 0 fully saturated rings. The van der Waals surface area contributed by atoms with Crippen LogP contribution in [0.5, 0.6) is 0 Å². The van der Waals surface area contributed by atoms with E-state index in [0.717, 1.165) is 24.7 Å². The van der Waals surface area contributed by atoms with Crippen molar-refractivity contribution < 1.29 is 9.47 Å². The van der Waals surface area contributed by atoms with E-state index >= 15 is 0 Å². The highest BCUT2D eigenvalue weighted by Gasteiger charge is 2.30. The minimum atomic E-state index is 0.718. The standard InChI is InChI=1S/C4H4O2/c1-3-4(6-3)2-5-1/h1-2H2. The molecule has 0 saturated heterocycles. The van der Waals surface area contributed by atoms with Crippen molar-refractivity contribution in [3.8, 4) is 0 Å². The van der Waals surface area contributed by atoms with Crippen molar-refractivity contribution in [2.75, 3.05) is 13.2 Å². The summed E-state index contributed by atoms with van der Waals surface area (Å²) in [6, 6.07) is 0. The third-order valence-corrected chi connectivity index (χ3v) is 0.982. The summed E-state index contributed by atoms with van der Waals surface area (Å²) < 4.78 is 9.77. The Morgan fingerprint density at radius 1 is 1.17 bits per heavy atom. The van der Waals surface area contributed by atoms with E-state index in [2.05, 4.69) is 0 Å². The van der Waals surface area contributed by atoms with Crippen LogP contribution in [0, 0.1) is 0 Å². The molecule has 0 atom stereocenters. The van der Waals surface area contributed by atoms with Gasteiger partial charge in [-0.2, -0.15) is 0 Å². The normalized spacial score (nSPS) is 26.7. The number of hydrogen-bond acceptors (Lipinski definition) is 2. The lowest BCUT2D eigenvalue weighted by atomic mass is 10.6. The lowest BCUT2D eigenvalue weighted by molar-refractivity contribution is 0.137. The molecule has 2 nitrogen and oxygen atoms in total. The second-order valence-corrected chi connectivity index (χ2v) is 1.44. The van der Waals surface area contributed by atoms with Gasteiger partial charge in [0.1, 0.15) is 13.2 Å². The lowest BCUT2D eigenvalue weighted by Gasteiger charge is -1.90. The fourth-order valence-electron chi connectivity index (χ4n) is 0.580. The van der Waals surface area contributed by atoms with Gasteiger partial charge in [0.05, 0.1) is 0 Å². The van der Waals surface area contributed by atoms with Crippen molar-refractivity contribution >= 4 is 0 Å². The Morgan fingerprint density at radius 3 is 2.00 bits per heavy atom. The summed E-state index contributed by atoms with van der Waals surface area (Å²) in [4.78, 5) is 0. The second kappa shape index (κ2) is 0.611. The van der Waals surface area contributed by atoms with Gasteiger partial charge in [0.2, 0.25) is 0 Å². The largest absolute Gasteiger partial charge is 0.454 e. The number of hydrogen-bond donors (Lipinski definition) is 0. The van der Waals surface area contributed by atoms with Crippen LogP contribution in [0.4, 0.5) is 0 Å². The first-order valence-electron chi connectivity index (χ1n) is 1.94. The van der Waals surface area contributed by atoms with Crippen molar-refractivity contribution in [2.45, 2.75) is 0 Å². The van der Waals surface area contributed by atoms with E-state index in [-0.39, 0.29) is 0 Å². The average Bonchev–Trinajstić information content (AvgIpc) is 2.17. The molecule has 0 aromatic rings. The van der Waals surface area contributed by atoms with Gasteiger partial charge in [0.25, 0.3) is 0 Å². The molecule has 0 unspecified atom stereocenters. The fraction of sp³-hybridized carbons (Fsp3) is 0.500. The topological polar surface area (TPSA) is 21.8 Å². The van der Waals surface area contributed by atoms with Crippen LogP contribution in [0.3, 0.4) is 0 Å². The number of rotatable bonds is 0. The summed E-state index contributed by atoms with van der Waals surface area (Å²) >= 11 is 0. The van der Waals surface area contributed by atoms with Crippen molar-refractivity contribution in [3.63, 3.8) is 0 Å². The van der Waals surface area contributed by atoms with Crippen molar-refractivity contribution in [1.29, 1.82) is 0 Å². The highest BCUT2D eigenvalue weighted by atomic mass is 16.6. The van der Waals surface area contributed by atoms with Gasteiger partial charge in [-0.15, -0.1) is 0 Å². The van der Waals surface area contributed by atoms with E-state index in [1.807, 2.05) is 0 Å². The molecule has 0 saturated carbocycles. The molecule has 6 heavy (non-hydrogen) atoms. The highest BCUT2D eigenvalue weighted by Crippen LogP contribution is 2.31. The highest BCUT2D eigenvalue weighted by molar-refractivity contribution is 5.21. The van der Waals surface area contributed by atoms with E-state index in [1.54, 1.807) is 0 Å². The summed E-state index contributed by atoms with van der Waals surface area (Å²) in [5.74, 6) is 2.13. The second-order valence-electron chi connectivity index (χ2n) is 1.44. The van der Waals surface area contributed by atoms with Gasteiger partial charge >= 0.3 is 0 Å². The molecule has 0 amide bonds. The molecule has 0 spiro atoms. The van der Waals surface area contributed by atoms with E-state index in [1.165, 1.54) is 0 Å². The Kier molecular flexibility index (Phi) is 0.268. The molecule has 0 radical (unpaired) electrons. The molecule has 0 bridgehead atoms. The predicted molar refractivity (Wildman–Crippen MR) is 18.9 cm³/mol. The molecule has 2 heterocycles. The monoisotopic (exact) mass is 84.0 g/mol. The van der Waals surface area contributed by atoms with Gasteiger partial charge in [0, 0.05) is 0 Å².